The summed E-state index contributed by atoms with van der Waals surface area (Å²) in [5, 5.41) is 18.6. The maximum Gasteiger partial charge on any atom is 0.309 e. The minimum absolute atomic E-state index is 0.213. The molecule has 0 aromatic carbocycles. The molecule has 0 aromatic heterocycles. The summed E-state index contributed by atoms with van der Waals surface area (Å²) in [5.74, 6) is -1.50. The summed E-state index contributed by atoms with van der Waals surface area (Å²) in [6.07, 6.45) is 7.18. The Morgan fingerprint density at radius 1 is 0.880 bits per heavy atom. The van der Waals surface area contributed by atoms with Crippen LogP contribution in [0.15, 0.2) is 0 Å². The van der Waals surface area contributed by atoms with E-state index in [2.05, 4.69) is 25.7 Å². The van der Waals surface area contributed by atoms with Gasteiger partial charge >= 0.3 is 11.9 Å². The van der Waals surface area contributed by atoms with Crippen LogP contribution < -0.4 is 0 Å². The van der Waals surface area contributed by atoms with Crippen LogP contribution in [0, 0.1) is 10.8 Å². The van der Waals surface area contributed by atoms with Crippen molar-refractivity contribution in [2.45, 2.75) is 91.5 Å². The Balaban J connectivity index is 2.98. The van der Waals surface area contributed by atoms with Gasteiger partial charge in [0.15, 0.2) is 0 Å². The van der Waals surface area contributed by atoms with Crippen LogP contribution in [-0.2, 0) is 9.59 Å². The van der Waals surface area contributed by atoms with Crippen LogP contribution in [0.3, 0.4) is 0 Å². The lowest BCUT2D eigenvalue weighted by Crippen LogP contribution is -2.63. The Labute approximate surface area is 152 Å². The molecular weight excluding hydrogens is 318 g/mol. The number of carboxylic acid groups (broad SMARTS) is 2. The second-order valence-corrected chi connectivity index (χ2v) is 8.83. The lowest BCUT2D eigenvalue weighted by molar-refractivity contribution is -0.165. The van der Waals surface area contributed by atoms with Crippen molar-refractivity contribution in [3.8, 4) is 0 Å². The zero-order chi connectivity index (χ0) is 19.3. The average Bonchev–Trinajstić information content (AvgIpc) is 2.54. The predicted octanol–water partition coefficient (Wildman–Crippen LogP) is 4.40. The van der Waals surface area contributed by atoms with E-state index in [9.17, 15) is 14.7 Å². The normalized spacial score (nSPS) is 19.4. The molecule has 0 bridgehead atoms. The molecule has 1 fully saturated rings. The molecule has 0 saturated carbocycles. The maximum absolute atomic E-state index is 12.0. The highest BCUT2D eigenvalue weighted by atomic mass is 16.4. The zero-order valence-corrected chi connectivity index (χ0v) is 16.7. The van der Waals surface area contributed by atoms with Gasteiger partial charge < -0.3 is 10.2 Å². The molecule has 2 N–H and O–H groups in total. The highest BCUT2D eigenvalue weighted by Gasteiger charge is 2.56. The van der Waals surface area contributed by atoms with Crippen molar-refractivity contribution in [2.24, 2.45) is 10.8 Å². The van der Waals surface area contributed by atoms with Gasteiger partial charge in [0, 0.05) is 12.0 Å². The Kier molecular flexibility index (Phi) is 7.48. The fraction of sp³-hybridized carbons (Fsp3) is 0.900. The second-order valence-electron chi connectivity index (χ2n) is 8.83. The van der Waals surface area contributed by atoms with Crippen LogP contribution in [0.25, 0.3) is 0 Å². The number of hydrogen-bond acceptors (Lipinski definition) is 3. The average molecular weight is 356 g/mol. The van der Waals surface area contributed by atoms with E-state index in [1.165, 1.54) is 6.42 Å². The van der Waals surface area contributed by atoms with Gasteiger partial charge in [0.25, 0.3) is 0 Å². The smallest absolute Gasteiger partial charge is 0.309 e. The van der Waals surface area contributed by atoms with Crippen molar-refractivity contribution in [1.29, 1.82) is 0 Å². The van der Waals surface area contributed by atoms with Crippen LogP contribution >= 0.6 is 0 Å². The van der Waals surface area contributed by atoms with Crippen LogP contribution in [0.2, 0.25) is 0 Å². The fourth-order valence-electron chi connectivity index (χ4n) is 4.12. The number of rotatable bonds is 10. The molecule has 1 rings (SSSR count). The molecule has 5 heteroatoms. The molecule has 0 aliphatic carbocycles. The molecule has 0 spiro atoms. The van der Waals surface area contributed by atoms with Crippen LogP contribution in [-0.4, -0.2) is 45.7 Å². The van der Waals surface area contributed by atoms with Crippen molar-refractivity contribution >= 4 is 11.9 Å². The van der Waals surface area contributed by atoms with Gasteiger partial charge in [-0.25, -0.2) is 0 Å². The Hall–Kier alpha value is -1.10. The third-order valence-corrected chi connectivity index (χ3v) is 7.05. The number of unbranched alkanes of at least 4 members (excludes halogenated alkanes) is 2. The van der Waals surface area contributed by atoms with Crippen LogP contribution in [0.4, 0.5) is 0 Å². The van der Waals surface area contributed by atoms with Gasteiger partial charge in [-0.1, -0.05) is 33.1 Å². The van der Waals surface area contributed by atoms with Crippen molar-refractivity contribution in [2.75, 3.05) is 13.1 Å². The summed E-state index contributed by atoms with van der Waals surface area (Å²) in [7, 11) is 0. The fourth-order valence-corrected chi connectivity index (χ4v) is 4.12. The molecule has 1 aliphatic heterocycles. The van der Waals surface area contributed by atoms with Gasteiger partial charge in [-0.2, -0.15) is 0 Å². The summed E-state index contributed by atoms with van der Waals surface area (Å²) in [6, 6.07) is 0. The number of nitrogens with zero attached hydrogens (tertiary/aromatic N) is 1. The van der Waals surface area contributed by atoms with E-state index in [0.717, 1.165) is 45.2 Å². The lowest BCUT2D eigenvalue weighted by Gasteiger charge is -2.58. The Morgan fingerprint density at radius 2 is 1.44 bits per heavy atom. The van der Waals surface area contributed by atoms with E-state index in [1.807, 2.05) is 13.8 Å². The topological polar surface area (TPSA) is 77.8 Å². The minimum atomic E-state index is -0.847. The third-order valence-electron chi connectivity index (χ3n) is 7.05. The molecular formula is C20H37NO4. The number of aliphatic carboxylic acids is 2. The van der Waals surface area contributed by atoms with Gasteiger partial charge in [0.05, 0.1) is 5.41 Å². The molecule has 5 nitrogen and oxygen atoms in total. The summed E-state index contributed by atoms with van der Waals surface area (Å²) < 4.78 is 0. The first-order valence-corrected chi connectivity index (χ1v) is 9.67. The molecule has 0 amide bonds. The second kappa shape index (κ2) is 8.52. The Morgan fingerprint density at radius 3 is 1.92 bits per heavy atom. The summed E-state index contributed by atoms with van der Waals surface area (Å²) >= 11 is 0. The number of piperidine rings is 1. The first-order valence-electron chi connectivity index (χ1n) is 9.67. The molecule has 146 valence electrons. The van der Waals surface area contributed by atoms with Crippen molar-refractivity contribution in [1.82, 2.24) is 4.90 Å². The number of likely N-dealkylation sites (tertiary alicyclic amines) is 1. The molecule has 1 atom stereocenters. The van der Waals surface area contributed by atoms with E-state index in [0.29, 0.717) is 6.42 Å². The summed E-state index contributed by atoms with van der Waals surface area (Å²) in [6.45, 7) is 12.1. The highest BCUT2D eigenvalue weighted by Crippen LogP contribution is 2.52. The van der Waals surface area contributed by atoms with E-state index < -0.39 is 22.8 Å². The number of hydrogen-bond donors (Lipinski definition) is 2. The van der Waals surface area contributed by atoms with Gasteiger partial charge in [0.1, 0.15) is 0 Å². The quantitative estimate of drug-likeness (QED) is 0.568. The van der Waals surface area contributed by atoms with E-state index in [4.69, 9.17) is 5.11 Å². The van der Waals surface area contributed by atoms with Crippen molar-refractivity contribution in [3.05, 3.63) is 0 Å². The van der Waals surface area contributed by atoms with E-state index in [-0.39, 0.29) is 12.0 Å². The van der Waals surface area contributed by atoms with E-state index >= 15 is 0 Å². The lowest BCUT2D eigenvalue weighted by atomic mass is 9.55. The monoisotopic (exact) mass is 355 g/mol. The Bertz CT molecular complexity index is 466. The molecule has 1 unspecified atom stereocenters. The van der Waals surface area contributed by atoms with Crippen molar-refractivity contribution in [3.63, 3.8) is 0 Å². The summed E-state index contributed by atoms with van der Waals surface area (Å²) in [4.78, 5) is 25.2. The first kappa shape index (κ1) is 21.9. The minimum Gasteiger partial charge on any atom is -0.481 e. The van der Waals surface area contributed by atoms with Gasteiger partial charge in [0.2, 0.25) is 0 Å². The largest absolute Gasteiger partial charge is 0.481 e. The SMILES string of the molecule is CC(C)(C(=O)O)C(C)(C)C(C)(CCCCCC(=O)O)N1CCCCC1. The van der Waals surface area contributed by atoms with E-state index in [1.54, 1.807) is 0 Å². The van der Waals surface area contributed by atoms with Gasteiger partial charge in [-0.15, -0.1) is 0 Å². The maximum atomic E-state index is 12.0. The number of carbonyl (C=O) groups is 2. The standard InChI is InChI=1S/C20H37NO4/c1-18(2,17(24)25)19(3,4)20(5,21-14-10-7-11-15-21)13-9-6-8-12-16(22)23/h6-15H2,1-5H3,(H,22,23)(H,24,25). The highest BCUT2D eigenvalue weighted by molar-refractivity contribution is 5.75. The molecule has 1 heterocycles. The third kappa shape index (κ3) is 4.75. The zero-order valence-electron chi connectivity index (χ0n) is 16.7. The predicted molar refractivity (Wildman–Crippen MR) is 99.7 cm³/mol. The van der Waals surface area contributed by atoms with Gasteiger partial charge in [-0.05, 0) is 65.0 Å². The van der Waals surface area contributed by atoms with Gasteiger partial charge in [-0.3, -0.25) is 14.5 Å². The molecule has 0 aromatic rings. The van der Waals surface area contributed by atoms with Crippen LogP contribution in [0.1, 0.15) is 86.0 Å². The molecule has 1 saturated heterocycles. The van der Waals surface area contributed by atoms with Crippen LogP contribution in [0.5, 0.6) is 0 Å². The molecule has 0 radical (unpaired) electrons. The number of carboxylic acids is 2. The first-order chi connectivity index (χ1) is 11.5. The molecule has 1 aliphatic rings. The van der Waals surface area contributed by atoms with Crippen molar-refractivity contribution < 1.29 is 19.8 Å². The molecule has 25 heavy (non-hydrogen) atoms. The summed E-state index contributed by atoms with van der Waals surface area (Å²) in [5.41, 5.74) is -1.49.